The summed E-state index contributed by atoms with van der Waals surface area (Å²) in [4.78, 5) is 13.1. The van der Waals surface area contributed by atoms with Gasteiger partial charge in [-0.25, -0.2) is 4.79 Å². The van der Waals surface area contributed by atoms with Crippen LogP contribution in [0, 0.1) is 6.92 Å². The average Bonchev–Trinajstić information content (AvgIpc) is 2.52. The highest BCUT2D eigenvalue weighted by atomic mass is 16.2. The molecule has 3 N–H and O–H groups in total. The summed E-state index contributed by atoms with van der Waals surface area (Å²) in [5, 5.41) is 2.77. The second-order valence-corrected chi connectivity index (χ2v) is 3.43. The number of nitrogens with one attached hydrogen (secondary N) is 1. The molecule has 4 heteroatoms. The zero-order chi connectivity index (χ0) is 10.1. The van der Waals surface area contributed by atoms with E-state index in [-0.39, 0.29) is 6.03 Å². The number of hydrogen-bond donors (Lipinski definition) is 2. The number of nitrogens with zero attached hydrogens (tertiary/aromatic N) is 1. The number of amides is 2. The van der Waals surface area contributed by atoms with E-state index in [1.54, 1.807) is 4.90 Å². The summed E-state index contributed by atoms with van der Waals surface area (Å²) in [6.45, 7) is 3.39. The van der Waals surface area contributed by atoms with E-state index in [1.807, 2.05) is 25.1 Å². The summed E-state index contributed by atoms with van der Waals surface area (Å²) >= 11 is 0. The topological polar surface area (TPSA) is 58.4 Å². The summed E-state index contributed by atoms with van der Waals surface area (Å²) in [6, 6.07) is 5.54. The lowest BCUT2D eigenvalue weighted by molar-refractivity contribution is 0.252. The maximum atomic E-state index is 11.4. The molecule has 0 radical (unpaired) electrons. The summed E-state index contributed by atoms with van der Waals surface area (Å²) in [5.41, 5.74) is 8.34. The number of nitrogens with two attached hydrogens (primary N) is 1. The first-order chi connectivity index (χ1) is 6.68. The molecule has 0 aliphatic carbocycles. The molecule has 1 saturated heterocycles. The van der Waals surface area contributed by atoms with Gasteiger partial charge in [0.2, 0.25) is 0 Å². The van der Waals surface area contributed by atoms with E-state index in [0.29, 0.717) is 6.54 Å². The number of benzene rings is 1. The molecular weight excluding hydrogens is 178 g/mol. The molecule has 0 saturated carbocycles. The van der Waals surface area contributed by atoms with Crippen molar-refractivity contribution in [2.24, 2.45) is 0 Å². The minimum atomic E-state index is -0.0297. The Bertz CT molecular complexity index is 376. The van der Waals surface area contributed by atoms with Crippen molar-refractivity contribution >= 4 is 17.4 Å². The molecule has 1 aromatic rings. The van der Waals surface area contributed by atoms with Crippen LogP contribution in [-0.4, -0.2) is 19.1 Å². The molecule has 0 spiro atoms. The van der Waals surface area contributed by atoms with Gasteiger partial charge in [-0.2, -0.15) is 0 Å². The molecule has 1 fully saturated rings. The lowest BCUT2D eigenvalue weighted by atomic mass is 10.1. The van der Waals surface area contributed by atoms with Gasteiger partial charge in [-0.3, -0.25) is 4.90 Å². The van der Waals surface area contributed by atoms with Crippen LogP contribution in [0.4, 0.5) is 16.2 Å². The zero-order valence-electron chi connectivity index (χ0n) is 8.08. The Balaban J connectivity index is 2.36. The predicted molar refractivity (Wildman–Crippen MR) is 56.3 cm³/mol. The first-order valence-electron chi connectivity index (χ1n) is 4.60. The molecule has 0 aromatic heterocycles. The second kappa shape index (κ2) is 3.21. The van der Waals surface area contributed by atoms with Gasteiger partial charge in [0.25, 0.3) is 0 Å². The molecular formula is C10H13N3O. The van der Waals surface area contributed by atoms with Crippen LogP contribution in [0.3, 0.4) is 0 Å². The number of carbonyl (C=O) groups is 1. The van der Waals surface area contributed by atoms with Gasteiger partial charge in [-0.15, -0.1) is 0 Å². The molecule has 1 aliphatic rings. The number of hydrogen-bond acceptors (Lipinski definition) is 2. The van der Waals surface area contributed by atoms with Gasteiger partial charge in [0.15, 0.2) is 0 Å². The van der Waals surface area contributed by atoms with Crippen molar-refractivity contribution in [3.63, 3.8) is 0 Å². The van der Waals surface area contributed by atoms with Crippen LogP contribution in [0.1, 0.15) is 5.56 Å². The van der Waals surface area contributed by atoms with Crippen molar-refractivity contribution in [3.05, 3.63) is 23.8 Å². The fourth-order valence-electron chi connectivity index (χ4n) is 1.68. The van der Waals surface area contributed by atoms with E-state index < -0.39 is 0 Å². The van der Waals surface area contributed by atoms with E-state index in [4.69, 9.17) is 5.73 Å². The Morgan fingerprint density at radius 2 is 2.29 bits per heavy atom. The van der Waals surface area contributed by atoms with Crippen LogP contribution in [0.5, 0.6) is 0 Å². The molecule has 1 aromatic carbocycles. The Labute approximate surface area is 82.7 Å². The van der Waals surface area contributed by atoms with Gasteiger partial charge in [-0.1, -0.05) is 0 Å². The second-order valence-electron chi connectivity index (χ2n) is 3.43. The van der Waals surface area contributed by atoms with E-state index >= 15 is 0 Å². The molecule has 0 atom stereocenters. The minimum Gasteiger partial charge on any atom is -0.399 e. The standard InChI is InChI=1S/C10H13N3O/c1-7-6-8(11)2-3-9(7)13-5-4-12-10(13)14/h2-3,6H,4-5,11H2,1H3,(H,12,14). The average molecular weight is 191 g/mol. The Hall–Kier alpha value is -1.71. The lowest BCUT2D eigenvalue weighted by Crippen LogP contribution is -2.28. The number of anilines is 2. The molecule has 0 bridgehead atoms. The zero-order valence-corrected chi connectivity index (χ0v) is 8.08. The molecule has 2 amide bonds. The highest BCUT2D eigenvalue weighted by Crippen LogP contribution is 2.23. The molecule has 14 heavy (non-hydrogen) atoms. The van der Waals surface area contributed by atoms with Crippen molar-refractivity contribution in [3.8, 4) is 0 Å². The maximum Gasteiger partial charge on any atom is 0.322 e. The fraction of sp³-hybridized carbons (Fsp3) is 0.300. The Morgan fingerprint density at radius 1 is 1.50 bits per heavy atom. The van der Waals surface area contributed by atoms with Crippen molar-refractivity contribution < 1.29 is 4.79 Å². The lowest BCUT2D eigenvalue weighted by Gasteiger charge is -2.16. The highest BCUT2D eigenvalue weighted by molar-refractivity contribution is 5.94. The molecule has 1 heterocycles. The first-order valence-corrected chi connectivity index (χ1v) is 4.60. The van der Waals surface area contributed by atoms with E-state index in [2.05, 4.69) is 5.32 Å². The van der Waals surface area contributed by atoms with Crippen molar-refractivity contribution in [2.75, 3.05) is 23.7 Å². The summed E-state index contributed by atoms with van der Waals surface area (Å²) in [7, 11) is 0. The summed E-state index contributed by atoms with van der Waals surface area (Å²) in [5.74, 6) is 0. The summed E-state index contributed by atoms with van der Waals surface area (Å²) in [6.07, 6.45) is 0. The smallest absolute Gasteiger partial charge is 0.322 e. The first kappa shape index (κ1) is 8.87. The third-order valence-electron chi connectivity index (χ3n) is 2.37. The van der Waals surface area contributed by atoms with Gasteiger partial charge in [0.05, 0.1) is 0 Å². The quantitative estimate of drug-likeness (QED) is 0.653. The maximum absolute atomic E-state index is 11.4. The van der Waals surface area contributed by atoms with Crippen molar-refractivity contribution in [1.29, 1.82) is 0 Å². The van der Waals surface area contributed by atoms with Crippen molar-refractivity contribution in [1.82, 2.24) is 5.32 Å². The molecule has 4 nitrogen and oxygen atoms in total. The molecule has 2 rings (SSSR count). The summed E-state index contributed by atoms with van der Waals surface area (Å²) < 4.78 is 0. The minimum absolute atomic E-state index is 0.0297. The SMILES string of the molecule is Cc1cc(N)ccc1N1CCNC1=O. The number of nitrogen functional groups attached to an aromatic ring is 1. The monoisotopic (exact) mass is 191 g/mol. The third kappa shape index (κ3) is 1.39. The highest BCUT2D eigenvalue weighted by Gasteiger charge is 2.22. The third-order valence-corrected chi connectivity index (χ3v) is 2.37. The Morgan fingerprint density at radius 3 is 2.86 bits per heavy atom. The number of aryl methyl sites for hydroxylation is 1. The van der Waals surface area contributed by atoms with Gasteiger partial charge in [-0.05, 0) is 30.7 Å². The van der Waals surface area contributed by atoms with Crippen LogP contribution in [-0.2, 0) is 0 Å². The predicted octanol–water partition coefficient (Wildman–Crippen LogP) is 1.11. The van der Waals surface area contributed by atoms with Gasteiger partial charge < -0.3 is 11.1 Å². The van der Waals surface area contributed by atoms with Gasteiger partial charge in [0, 0.05) is 24.5 Å². The van der Waals surface area contributed by atoms with Crippen LogP contribution >= 0.6 is 0 Å². The number of urea groups is 1. The fourth-order valence-corrected chi connectivity index (χ4v) is 1.68. The van der Waals surface area contributed by atoms with E-state index in [9.17, 15) is 4.79 Å². The van der Waals surface area contributed by atoms with Crippen LogP contribution < -0.4 is 16.0 Å². The van der Waals surface area contributed by atoms with Gasteiger partial charge in [0.1, 0.15) is 0 Å². The van der Waals surface area contributed by atoms with Crippen LogP contribution in [0.25, 0.3) is 0 Å². The van der Waals surface area contributed by atoms with E-state index in [0.717, 1.165) is 23.5 Å². The van der Waals surface area contributed by atoms with Crippen LogP contribution in [0.2, 0.25) is 0 Å². The van der Waals surface area contributed by atoms with E-state index in [1.165, 1.54) is 0 Å². The Kier molecular flexibility index (Phi) is 2.04. The van der Waals surface area contributed by atoms with Crippen LogP contribution in [0.15, 0.2) is 18.2 Å². The molecule has 0 unspecified atom stereocenters. The van der Waals surface area contributed by atoms with Gasteiger partial charge >= 0.3 is 6.03 Å². The van der Waals surface area contributed by atoms with Crippen molar-refractivity contribution in [2.45, 2.75) is 6.92 Å². The number of rotatable bonds is 1. The largest absolute Gasteiger partial charge is 0.399 e. The normalized spacial score (nSPS) is 15.8. The number of carbonyl (C=O) groups excluding carboxylic acids is 1. The molecule has 74 valence electrons. The molecule has 1 aliphatic heterocycles.